The highest BCUT2D eigenvalue weighted by Crippen LogP contribution is 2.34. The van der Waals surface area contributed by atoms with Crippen molar-refractivity contribution in [2.24, 2.45) is 10.7 Å². The van der Waals surface area contributed by atoms with E-state index in [2.05, 4.69) is 115 Å². The fourth-order valence-electron chi connectivity index (χ4n) is 5.69. The zero-order valence-electron chi connectivity index (χ0n) is 22.0. The number of hydrogen-bond donors (Lipinski definition) is 2. The molecule has 0 aliphatic rings. The molecular formula is C37H29N3. The summed E-state index contributed by atoms with van der Waals surface area (Å²) in [5.41, 5.74) is 9.89. The summed E-state index contributed by atoms with van der Waals surface area (Å²) in [6, 6.07) is 48.8. The van der Waals surface area contributed by atoms with Gasteiger partial charge in [0.05, 0.1) is 6.17 Å². The summed E-state index contributed by atoms with van der Waals surface area (Å²) in [6.45, 7) is 0. The van der Waals surface area contributed by atoms with Crippen LogP contribution in [-0.2, 0) is 0 Å². The van der Waals surface area contributed by atoms with E-state index in [1.807, 2.05) is 36.5 Å². The van der Waals surface area contributed by atoms with E-state index in [1.54, 1.807) is 0 Å². The SMILES string of the molecule is NC(NC(/N=C/c1c2ccccc2cc2ccc3ccccc3c12)c1ccc2ccccc2c1)c1ccccc1. The third-order valence-electron chi connectivity index (χ3n) is 7.73. The Morgan fingerprint density at radius 2 is 1.15 bits per heavy atom. The number of nitrogens with two attached hydrogens (primary N) is 1. The molecule has 7 aromatic rings. The van der Waals surface area contributed by atoms with Crippen LogP contribution in [0.2, 0.25) is 0 Å². The first-order valence-electron chi connectivity index (χ1n) is 13.7. The molecule has 3 N–H and O–H groups in total. The maximum Gasteiger partial charge on any atom is 0.127 e. The first-order chi connectivity index (χ1) is 19.7. The van der Waals surface area contributed by atoms with Gasteiger partial charge in [0.15, 0.2) is 0 Å². The molecule has 0 radical (unpaired) electrons. The minimum atomic E-state index is -0.375. The minimum Gasteiger partial charge on any atom is -0.312 e. The fraction of sp³-hybridized carbons (Fsp3) is 0.0541. The quantitative estimate of drug-likeness (QED) is 0.101. The summed E-state index contributed by atoms with van der Waals surface area (Å²) >= 11 is 0. The van der Waals surface area contributed by atoms with Gasteiger partial charge in [0.2, 0.25) is 0 Å². The Morgan fingerprint density at radius 1 is 0.525 bits per heavy atom. The summed E-state index contributed by atoms with van der Waals surface area (Å²) in [6.07, 6.45) is 1.32. The molecule has 0 saturated carbocycles. The van der Waals surface area contributed by atoms with Crippen LogP contribution in [0.5, 0.6) is 0 Å². The summed E-state index contributed by atoms with van der Waals surface area (Å²) in [5.74, 6) is 0. The normalized spacial score (nSPS) is 13.4. The van der Waals surface area contributed by atoms with Crippen LogP contribution in [0.25, 0.3) is 43.1 Å². The molecule has 2 unspecified atom stereocenters. The molecule has 3 nitrogen and oxygen atoms in total. The summed E-state index contributed by atoms with van der Waals surface area (Å²) < 4.78 is 0. The lowest BCUT2D eigenvalue weighted by atomic mass is 9.93. The molecule has 0 bridgehead atoms. The Morgan fingerprint density at radius 3 is 1.98 bits per heavy atom. The summed E-state index contributed by atoms with van der Waals surface area (Å²) in [4.78, 5) is 5.23. The Hall–Kier alpha value is -4.83. The van der Waals surface area contributed by atoms with Gasteiger partial charge in [-0.05, 0) is 66.3 Å². The zero-order valence-corrected chi connectivity index (χ0v) is 22.0. The molecule has 0 aromatic heterocycles. The molecule has 40 heavy (non-hydrogen) atoms. The highest BCUT2D eigenvalue weighted by Gasteiger charge is 2.16. The average Bonchev–Trinajstić information content (AvgIpc) is 3.02. The minimum absolute atomic E-state index is 0.344. The van der Waals surface area contributed by atoms with Crippen LogP contribution in [0.3, 0.4) is 0 Å². The van der Waals surface area contributed by atoms with Crippen LogP contribution in [-0.4, -0.2) is 6.21 Å². The van der Waals surface area contributed by atoms with Gasteiger partial charge in [0.1, 0.15) is 6.17 Å². The number of hydrogen-bond acceptors (Lipinski definition) is 3. The fourth-order valence-corrected chi connectivity index (χ4v) is 5.69. The van der Waals surface area contributed by atoms with Crippen molar-refractivity contribution < 1.29 is 0 Å². The second-order valence-corrected chi connectivity index (χ2v) is 10.2. The maximum atomic E-state index is 6.69. The largest absolute Gasteiger partial charge is 0.312 e. The highest BCUT2D eigenvalue weighted by atomic mass is 15.1. The number of benzene rings is 7. The average molecular weight is 516 g/mol. The van der Waals surface area contributed by atoms with Crippen LogP contribution in [0.1, 0.15) is 29.0 Å². The summed E-state index contributed by atoms with van der Waals surface area (Å²) in [7, 11) is 0. The molecule has 0 fully saturated rings. The highest BCUT2D eigenvalue weighted by molar-refractivity contribution is 6.21. The Balaban J connectivity index is 1.41. The van der Waals surface area contributed by atoms with Crippen LogP contribution in [0.15, 0.2) is 145 Å². The molecule has 7 rings (SSSR count). The van der Waals surface area contributed by atoms with Crippen LogP contribution in [0, 0.1) is 0 Å². The van der Waals surface area contributed by atoms with E-state index in [0.717, 1.165) is 16.7 Å². The van der Waals surface area contributed by atoms with Crippen molar-refractivity contribution in [2.45, 2.75) is 12.3 Å². The smallest absolute Gasteiger partial charge is 0.127 e. The van der Waals surface area contributed by atoms with E-state index in [1.165, 1.54) is 43.1 Å². The van der Waals surface area contributed by atoms with E-state index in [9.17, 15) is 0 Å². The maximum absolute atomic E-state index is 6.69. The van der Waals surface area contributed by atoms with Crippen molar-refractivity contribution in [3.05, 3.63) is 156 Å². The molecule has 192 valence electrons. The number of fused-ring (bicyclic) bond motifs is 5. The molecule has 0 heterocycles. The van der Waals surface area contributed by atoms with Gasteiger partial charge in [0, 0.05) is 11.8 Å². The van der Waals surface area contributed by atoms with E-state index in [0.29, 0.717) is 0 Å². The van der Waals surface area contributed by atoms with Crippen LogP contribution >= 0.6 is 0 Å². The van der Waals surface area contributed by atoms with Gasteiger partial charge in [-0.1, -0.05) is 127 Å². The van der Waals surface area contributed by atoms with E-state index >= 15 is 0 Å². The molecule has 0 saturated heterocycles. The third-order valence-corrected chi connectivity index (χ3v) is 7.73. The number of rotatable bonds is 6. The topological polar surface area (TPSA) is 50.4 Å². The molecule has 7 aromatic carbocycles. The zero-order chi connectivity index (χ0) is 26.9. The van der Waals surface area contributed by atoms with Crippen molar-refractivity contribution in [1.29, 1.82) is 0 Å². The van der Waals surface area contributed by atoms with Crippen molar-refractivity contribution >= 4 is 49.3 Å². The predicted molar refractivity (Wildman–Crippen MR) is 170 cm³/mol. The first-order valence-corrected chi connectivity index (χ1v) is 13.7. The van der Waals surface area contributed by atoms with Crippen molar-refractivity contribution in [2.75, 3.05) is 0 Å². The van der Waals surface area contributed by atoms with Gasteiger partial charge in [-0.3, -0.25) is 10.3 Å². The molecule has 0 aliphatic carbocycles. The Labute approximate surface area is 233 Å². The second-order valence-electron chi connectivity index (χ2n) is 10.2. The lowest BCUT2D eigenvalue weighted by Gasteiger charge is -2.22. The van der Waals surface area contributed by atoms with Crippen molar-refractivity contribution in [3.8, 4) is 0 Å². The molecule has 3 heteroatoms. The van der Waals surface area contributed by atoms with Crippen molar-refractivity contribution in [1.82, 2.24) is 5.32 Å². The van der Waals surface area contributed by atoms with E-state index < -0.39 is 0 Å². The lowest BCUT2D eigenvalue weighted by molar-refractivity contribution is 0.467. The van der Waals surface area contributed by atoms with E-state index in [-0.39, 0.29) is 12.3 Å². The molecular weight excluding hydrogens is 486 g/mol. The predicted octanol–water partition coefficient (Wildman–Crippen LogP) is 8.66. The molecule has 0 aliphatic heterocycles. The van der Waals surface area contributed by atoms with Gasteiger partial charge in [-0.15, -0.1) is 0 Å². The number of nitrogens with zero attached hydrogens (tertiary/aromatic N) is 1. The molecule has 0 amide bonds. The van der Waals surface area contributed by atoms with Gasteiger partial charge >= 0.3 is 0 Å². The van der Waals surface area contributed by atoms with Gasteiger partial charge < -0.3 is 5.73 Å². The van der Waals surface area contributed by atoms with Crippen LogP contribution < -0.4 is 11.1 Å². The second kappa shape index (κ2) is 10.4. The van der Waals surface area contributed by atoms with Gasteiger partial charge in [-0.2, -0.15) is 0 Å². The lowest BCUT2D eigenvalue weighted by Crippen LogP contribution is -2.31. The molecule has 0 spiro atoms. The Kier molecular flexibility index (Phi) is 6.29. The number of nitrogens with one attached hydrogen (secondary N) is 1. The Bertz CT molecular complexity index is 2010. The summed E-state index contributed by atoms with van der Waals surface area (Å²) in [5, 5.41) is 13.2. The van der Waals surface area contributed by atoms with Crippen LogP contribution in [0.4, 0.5) is 0 Å². The first kappa shape index (κ1) is 24.2. The van der Waals surface area contributed by atoms with Gasteiger partial charge in [-0.25, -0.2) is 0 Å². The van der Waals surface area contributed by atoms with Crippen molar-refractivity contribution in [3.63, 3.8) is 0 Å². The number of aliphatic imine (C=N–C) groups is 1. The van der Waals surface area contributed by atoms with E-state index in [4.69, 9.17) is 10.7 Å². The standard InChI is InChI=1S/C37H29N3/c38-36(27-12-2-1-3-13-27)40-37(31-21-18-25-10-4-5-14-28(25)22-31)39-24-34-32-16-8-7-15-29(32)23-30-20-19-26-11-6-9-17-33(26)35(30)34/h1-24,36-37,40H,38H2/b39-24+. The molecule has 2 atom stereocenters. The monoisotopic (exact) mass is 515 g/mol. The van der Waals surface area contributed by atoms with Gasteiger partial charge in [0.25, 0.3) is 0 Å². The third kappa shape index (κ3) is 4.52.